The van der Waals surface area contributed by atoms with E-state index in [-0.39, 0.29) is 5.92 Å². The molecule has 98 valence electrons. The lowest BCUT2D eigenvalue weighted by Gasteiger charge is -2.26. The van der Waals surface area contributed by atoms with E-state index in [4.69, 9.17) is 16.3 Å². The lowest BCUT2D eigenvalue weighted by molar-refractivity contribution is -0.131. The molecular weight excluding hydrogens is 250 g/mol. The van der Waals surface area contributed by atoms with Crippen molar-refractivity contribution >= 4 is 17.4 Å². The van der Waals surface area contributed by atoms with Crippen LogP contribution in [0.4, 0.5) is 0 Å². The second-order valence-electron chi connectivity index (χ2n) is 4.81. The molecule has 0 spiro atoms. The van der Waals surface area contributed by atoms with Gasteiger partial charge < -0.3 is 9.64 Å². The van der Waals surface area contributed by atoms with Crippen LogP contribution >= 0.6 is 11.6 Å². The molecule has 2 rings (SSSR count). The molecule has 0 saturated carbocycles. The van der Waals surface area contributed by atoms with E-state index in [1.165, 1.54) is 0 Å². The molecule has 0 radical (unpaired) electrons. The molecule has 0 N–H and O–H groups in total. The Morgan fingerprint density at radius 1 is 1.50 bits per heavy atom. The van der Waals surface area contributed by atoms with Crippen LogP contribution in [-0.2, 0) is 16.1 Å². The number of Topliss-reactive ketones (excluding diaryl/α,β-unsaturated/α-hetero) is 1. The number of ketones is 1. The molecule has 1 aromatic carbocycles. The van der Waals surface area contributed by atoms with Crippen molar-refractivity contribution in [2.45, 2.75) is 13.0 Å². The van der Waals surface area contributed by atoms with Gasteiger partial charge in [0.25, 0.3) is 0 Å². The van der Waals surface area contributed by atoms with Gasteiger partial charge >= 0.3 is 0 Å². The highest BCUT2D eigenvalue weighted by molar-refractivity contribution is 6.30. The van der Waals surface area contributed by atoms with Crippen LogP contribution < -0.4 is 0 Å². The van der Waals surface area contributed by atoms with Crippen LogP contribution in [0.5, 0.6) is 0 Å². The van der Waals surface area contributed by atoms with Crippen LogP contribution in [0.1, 0.15) is 12.0 Å². The Morgan fingerprint density at radius 2 is 2.33 bits per heavy atom. The van der Waals surface area contributed by atoms with Crippen molar-refractivity contribution in [3.63, 3.8) is 0 Å². The van der Waals surface area contributed by atoms with Crippen LogP contribution in [0.25, 0.3) is 0 Å². The topological polar surface area (TPSA) is 29.5 Å². The van der Waals surface area contributed by atoms with Crippen molar-refractivity contribution in [3.05, 3.63) is 34.9 Å². The average molecular weight is 268 g/mol. The maximum Gasteiger partial charge on any atom is 0.141 e. The van der Waals surface area contributed by atoms with E-state index in [2.05, 4.69) is 4.90 Å². The quantitative estimate of drug-likeness (QED) is 0.839. The fraction of sp³-hybridized carbons (Fsp3) is 0.500. The smallest absolute Gasteiger partial charge is 0.141 e. The maximum absolute atomic E-state index is 11.7. The van der Waals surface area contributed by atoms with E-state index < -0.39 is 0 Å². The fourth-order valence-electron chi connectivity index (χ4n) is 2.24. The van der Waals surface area contributed by atoms with Crippen LogP contribution in [0.2, 0.25) is 5.02 Å². The number of nitrogens with zero attached hydrogens (tertiary/aromatic N) is 1. The predicted octanol–water partition coefficient (Wildman–Crippen LogP) is 2.38. The van der Waals surface area contributed by atoms with Crippen molar-refractivity contribution in [2.24, 2.45) is 5.92 Å². The first kappa shape index (κ1) is 13.5. The summed E-state index contributed by atoms with van der Waals surface area (Å²) in [6.45, 7) is 2.67. The number of halogens is 1. The number of carbonyl (C=O) groups is 1. The van der Waals surface area contributed by atoms with Crippen LogP contribution in [0.3, 0.4) is 0 Å². The zero-order chi connectivity index (χ0) is 13.0. The molecule has 1 heterocycles. The zero-order valence-corrected chi connectivity index (χ0v) is 11.3. The van der Waals surface area contributed by atoms with Crippen LogP contribution in [-0.4, -0.2) is 37.5 Å². The summed E-state index contributed by atoms with van der Waals surface area (Å²) in [5.41, 5.74) is 1.16. The highest BCUT2D eigenvalue weighted by Gasteiger charge is 2.23. The number of rotatable bonds is 4. The largest absolute Gasteiger partial charge is 0.380 e. The minimum atomic E-state index is 0.0166. The van der Waals surface area contributed by atoms with Gasteiger partial charge in [0.2, 0.25) is 0 Å². The lowest BCUT2D eigenvalue weighted by atomic mass is 10.00. The molecule has 1 unspecified atom stereocenters. The highest BCUT2D eigenvalue weighted by atomic mass is 35.5. The van der Waals surface area contributed by atoms with E-state index in [1.807, 2.05) is 31.3 Å². The van der Waals surface area contributed by atoms with E-state index in [9.17, 15) is 4.79 Å². The first-order chi connectivity index (χ1) is 8.65. The van der Waals surface area contributed by atoms with Crippen molar-refractivity contribution in [1.29, 1.82) is 0 Å². The van der Waals surface area contributed by atoms with Gasteiger partial charge in [-0.3, -0.25) is 4.79 Å². The molecule has 0 aliphatic carbocycles. The van der Waals surface area contributed by atoms with Crippen molar-refractivity contribution < 1.29 is 9.53 Å². The summed E-state index contributed by atoms with van der Waals surface area (Å²) >= 11 is 5.95. The summed E-state index contributed by atoms with van der Waals surface area (Å²) in [6.07, 6.45) is 0.551. The Balaban J connectivity index is 1.88. The summed E-state index contributed by atoms with van der Waals surface area (Å²) in [4.78, 5) is 13.9. The minimum Gasteiger partial charge on any atom is -0.380 e. The number of ether oxygens (including phenoxy) is 1. The summed E-state index contributed by atoms with van der Waals surface area (Å²) < 4.78 is 5.35. The van der Waals surface area contributed by atoms with E-state index >= 15 is 0 Å². The molecule has 1 aromatic rings. The SMILES string of the molecule is CN(Cc1cccc(Cl)c1)CC1COCCC1=O. The number of carbonyl (C=O) groups excluding carboxylic acids is 1. The third-order valence-corrected chi connectivity index (χ3v) is 3.38. The predicted molar refractivity (Wildman–Crippen MR) is 71.7 cm³/mol. The molecule has 0 aromatic heterocycles. The summed E-state index contributed by atoms with van der Waals surface area (Å²) in [6, 6.07) is 7.81. The van der Waals surface area contributed by atoms with Crippen molar-refractivity contribution in [2.75, 3.05) is 26.8 Å². The number of benzene rings is 1. The fourth-order valence-corrected chi connectivity index (χ4v) is 2.45. The molecule has 0 bridgehead atoms. The van der Waals surface area contributed by atoms with E-state index in [0.717, 1.165) is 23.7 Å². The van der Waals surface area contributed by atoms with Gasteiger partial charge in [0.1, 0.15) is 5.78 Å². The van der Waals surface area contributed by atoms with Crippen molar-refractivity contribution in [1.82, 2.24) is 4.90 Å². The average Bonchev–Trinajstić information content (AvgIpc) is 2.32. The molecule has 4 heteroatoms. The van der Waals surface area contributed by atoms with E-state index in [1.54, 1.807) is 0 Å². The summed E-state index contributed by atoms with van der Waals surface area (Å²) in [7, 11) is 2.02. The highest BCUT2D eigenvalue weighted by Crippen LogP contribution is 2.15. The lowest BCUT2D eigenvalue weighted by Crippen LogP contribution is -2.36. The summed E-state index contributed by atoms with van der Waals surface area (Å²) in [5, 5.41) is 0.748. The van der Waals surface area contributed by atoms with Gasteiger partial charge in [0, 0.05) is 24.5 Å². The Bertz CT molecular complexity index is 422. The first-order valence-electron chi connectivity index (χ1n) is 6.18. The standard InChI is InChI=1S/C14H18ClNO2/c1-16(8-11-3-2-4-13(15)7-11)9-12-10-18-6-5-14(12)17/h2-4,7,12H,5-6,8-10H2,1H3. The molecule has 1 saturated heterocycles. The second kappa shape index (κ2) is 6.32. The molecule has 3 nitrogen and oxygen atoms in total. The Labute approximate surface area is 113 Å². The van der Waals surface area contributed by atoms with Gasteiger partial charge in [0.05, 0.1) is 19.1 Å². The molecule has 1 fully saturated rings. The zero-order valence-electron chi connectivity index (χ0n) is 10.6. The van der Waals surface area contributed by atoms with Crippen LogP contribution in [0, 0.1) is 5.92 Å². The molecule has 0 amide bonds. The molecule has 1 aliphatic rings. The van der Waals surface area contributed by atoms with Gasteiger partial charge in [-0.2, -0.15) is 0 Å². The molecule has 1 atom stereocenters. The normalized spacial score (nSPS) is 20.4. The Hall–Kier alpha value is -0.900. The third kappa shape index (κ3) is 3.80. The third-order valence-electron chi connectivity index (χ3n) is 3.14. The van der Waals surface area contributed by atoms with Crippen LogP contribution in [0.15, 0.2) is 24.3 Å². The Morgan fingerprint density at radius 3 is 3.06 bits per heavy atom. The van der Waals surface area contributed by atoms with Gasteiger partial charge in [0.15, 0.2) is 0 Å². The second-order valence-corrected chi connectivity index (χ2v) is 5.25. The maximum atomic E-state index is 11.7. The Kier molecular flexibility index (Phi) is 4.75. The van der Waals surface area contributed by atoms with Gasteiger partial charge in [-0.15, -0.1) is 0 Å². The van der Waals surface area contributed by atoms with Crippen molar-refractivity contribution in [3.8, 4) is 0 Å². The summed E-state index contributed by atoms with van der Waals surface area (Å²) in [5.74, 6) is 0.335. The molecule has 1 aliphatic heterocycles. The van der Waals surface area contributed by atoms with Gasteiger partial charge in [-0.1, -0.05) is 23.7 Å². The number of hydrogen-bond acceptors (Lipinski definition) is 3. The first-order valence-corrected chi connectivity index (χ1v) is 6.56. The molecular formula is C14H18ClNO2. The van der Waals surface area contributed by atoms with Gasteiger partial charge in [-0.05, 0) is 24.7 Å². The van der Waals surface area contributed by atoms with E-state index in [0.29, 0.717) is 25.4 Å². The van der Waals surface area contributed by atoms with Gasteiger partial charge in [-0.25, -0.2) is 0 Å². The molecule has 18 heavy (non-hydrogen) atoms. The number of hydrogen-bond donors (Lipinski definition) is 0. The minimum absolute atomic E-state index is 0.0166. The monoisotopic (exact) mass is 267 g/mol.